The van der Waals surface area contributed by atoms with Crippen LogP contribution in [0.3, 0.4) is 0 Å². The molecule has 0 saturated carbocycles. The van der Waals surface area contributed by atoms with Crippen LogP contribution in [0.2, 0.25) is 5.28 Å². The van der Waals surface area contributed by atoms with Crippen molar-refractivity contribution >= 4 is 16.3 Å². The van der Waals surface area contributed by atoms with Gasteiger partial charge in [0.25, 0.3) is 0 Å². The predicted molar refractivity (Wildman–Crippen MR) is 39.3 cm³/mol. The molecule has 1 unspecified atom stereocenters. The largest absolute Gasteiger partial charge is 0.118 e. The summed E-state index contributed by atoms with van der Waals surface area (Å²) in [6, 6.07) is 0. The summed E-state index contributed by atoms with van der Waals surface area (Å²) in [5, 5.41) is 1.27. The van der Waals surface area contributed by atoms with Crippen molar-refractivity contribution in [2.45, 2.75) is 38.4 Å². The first kappa shape index (κ1) is 8.53. The molecule has 0 aliphatic heterocycles. The van der Waals surface area contributed by atoms with E-state index < -0.39 is 0 Å². The zero-order valence-electron chi connectivity index (χ0n) is 5.98. The fourth-order valence-electron chi connectivity index (χ4n) is 0.922. The molecule has 0 fully saturated rings. The smallest absolute Gasteiger partial charge is 0.117 e. The Morgan fingerprint density at radius 2 is 2.00 bits per heavy atom. The van der Waals surface area contributed by atoms with E-state index in [1.807, 2.05) is 0 Å². The molecule has 1 heteroatoms. The van der Waals surface area contributed by atoms with Crippen LogP contribution < -0.4 is 0 Å². The van der Waals surface area contributed by atoms with Crippen molar-refractivity contribution in [1.29, 1.82) is 0 Å². The maximum Gasteiger partial charge on any atom is 0.118 e. The summed E-state index contributed by atoms with van der Waals surface area (Å²) in [5.74, 6) is 0.942. The molecular formula is C7H15Al. The summed E-state index contributed by atoms with van der Waals surface area (Å²) in [6.07, 6.45) is 4.11. The fourth-order valence-corrected chi connectivity index (χ4v) is 1.49. The third-order valence-electron chi connectivity index (χ3n) is 1.44. The predicted octanol–water partition coefficient (Wildman–Crippen LogP) is 2.40. The molecule has 0 aromatic heterocycles. The van der Waals surface area contributed by atoms with Gasteiger partial charge in [-0.1, -0.05) is 33.1 Å². The minimum Gasteiger partial charge on any atom is -0.117 e. The SMILES string of the molecule is CCCC(C)C[CH2][Al]. The Labute approximate surface area is 61.1 Å². The van der Waals surface area contributed by atoms with Gasteiger partial charge in [0.15, 0.2) is 0 Å². The Morgan fingerprint density at radius 1 is 1.38 bits per heavy atom. The van der Waals surface area contributed by atoms with Crippen LogP contribution in [-0.2, 0) is 0 Å². The number of rotatable bonds is 4. The summed E-state index contributed by atoms with van der Waals surface area (Å²) >= 11 is 2.77. The Kier molecular flexibility index (Phi) is 6.04. The second-order valence-electron chi connectivity index (χ2n) is 2.47. The normalized spacial score (nSPS) is 13.8. The van der Waals surface area contributed by atoms with E-state index in [0.29, 0.717) is 0 Å². The van der Waals surface area contributed by atoms with E-state index in [2.05, 4.69) is 30.1 Å². The summed E-state index contributed by atoms with van der Waals surface area (Å²) in [7, 11) is 0. The first-order chi connectivity index (χ1) is 3.81. The van der Waals surface area contributed by atoms with Gasteiger partial charge in [-0.15, -0.1) is 5.28 Å². The topological polar surface area (TPSA) is 0 Å². The molecule has 0 rings (SSSR count). The van der Waals surface area contributed by atoms with Crippen molar-refractivity contribution in [2.24, 2.45) is 5.92 Å². The Bertz CT molecular complexity index is 37.7. The molecule has 46 valence electrons. The van der Waals surface area contributed by atoms with Gasteiger partial charge in [-0.3, -0.25) is 0 Å². The monoisotopic (exact) mass is 126 g/mol. The second-order valence-corrected chi connectivity index (χ2v) is 3.05. The van der Waals surface area contributed by atoms with Crippen LogP contribution in [0.25, 0.3) is 0 Å². The lowest BCUT2D eigenvalue weighted by Gasteiger charge is -2.05. The van der Waals surface area contributed by atoms with Gasteiger partial charge in [0.05, 0.1) is 0 Å². The highest BCUT2D eigenvalue weighted by atomic mass is 27.0. The van der Waals surface area contributed by atoms with Gasteiger partial charge in [0, 0.05) is 0 Å². The third kappa shape index (κ3) is 4.69. The molecule has 0 N–H and O–H groups in total. The quantitative estimate of drug-likeness (QED) is 0.507. The molecule has 0 saturated heterocycles. The molecule has 0 aliphatic carbocycles. The van der Waals surface area contributed by atoms with Gasteiger partial charge in [0.2, 0.25) is 0 Å². The van der Waals surface area contributed by atoms with Crippen LogP contribution in [0.4, 0.5) is 0 Å². The number of hydrogen-bond acceptors (Lipinski definition) is 0. The maximum atomic E-state index is 2.77. The average molecular weight is 126 g/mol. The van der Waals surface area contributed by atoms with Crippen LogP contribution in [-0.4, -0.2) is 16.3 Å². The molecule has 0 aliphatic rings. The van der Waals surface area contributed by atoms with E-state index in [9.17, 15) is 0 Å². The Hall–Kier alpha value is 0.532. The van der Waals surface area contributed by atoms with Crippen molar-refractivity contribution < 1.29 is 0 Å². The molecule has 0 aromatic rings. The molecule has 0 bridgehead atoms. The van der Waals surface area contributed by atoms with Gasteiger partial charge >= 0.3 is 0 Å². The summed E-state index contributed by atoms with van der Waals surface area (Å²) in [4.78, 5) is 0. The lowest BCUT2D eigenvalue weighted by Crippen LogP contribution is -1.91. The van der Waals surface area contributed by atoms with Crippen LogP contribution >= 0.6 is 0 Å². The molecule has 0 amide bonds. The van der Waals surface area contributed by atoms with E-state index in [1.54, 1.807) is 0 Å². The minimum atomic E-state index is 0.942. The van der Waals surface area contributed by atoms with Crippen LogP contribution in [0.5, 0.6) is 0 Å². The van der Waals surface area contributed by atoms with Gasteiger partial charge in [0.1, 0.15) is 16.3 Å². The van der Waals surface area contributed by atoms with Crippen molar-refractivity contribution in [3.05, 3.63) is 0 Å². The van der Waals surface area contributed by atoms with E-state index in [1.165, 1.54) is 24.5 Å². The van der Waals surface area contributed by atoms with Crippen molar-refractivity contribution in [2.75, 3.05) is 0 Å². The first-order valence-electron chi connectivity index (χ1n) is 3.51. The Morgan fingerprint density at radius 3 is 2.38 bits per heavy atom. The van der Waals surface area contributed by atoms with E-state index in [-0.39, 0.29) is 0 Å². The lowest BCUT2D eigenvalue weighted by molar-refractivity contribution is 0.509. The van der Waals surface area contributed by atoms with Crippen LogP contribution in [0, 0.1) is 5.92 Å². The molecule has 0 aromatic carbocycles. The van der Waals surface area contributed by atoms with Crippen molar-refractivity contribution in [3.8, 4) is 0 Å². The van der Waals surface area contributed by atoms with Crippen LogP contribution in [0.15, 0.2) is 0 Å². The van der Waals surface area contributed by atoms with Crippen LogP contribution in [0.1, 0.15) is 33.1 Å². The highest BCUT2D eigenvalue weighted by Crippen LogP contribution is 2.10. The third-order valence-corrected chi connectivity index (χ3v) is 1.77. The molecule has 8 heavy (non-hydrogen) atoms. The molecule has 1 atom stereocenters. The summed E-state index contributed by atoms with van der Waals surface area (Å²) in [5.41, 5.74) is 0. The van der Waals surface area contributed by atoms with E-state index in [0.717, 1.165) is 5.92 Å². The van der Waals surface area contributed by atoms with E-state index >= 15 is 0 Å². The zero-order valence-corrected chi connectivity index (χ0v) is 7.14. The number of hydrogen-bond donors (Lipinski definition) is 0. The summed E-state index contributed by atoms with van der Waals surface area (Å²) in [6.45, 7) is 4.58. The van der Waals surface area contributed by atoms with Crippen molar-refractivity contribution in [1.82, 2.24) is 0 Å². The minimum absolute atomic E-state index is 0.942. The van der Waals surface area contributed by atoms with Crippen molar-refractivity contribution in [3.63, 3.8) is 0 Å². The molecular weight excluding hydrogens is 111 g/mol. The zero-order chi connectivity index (χ0) is 6.41. The molecule has 0 spiro atoms. The molecule has 2 radical (unpaired) electrons. The highest BCUT2D eigenvalue weighted by Gasteiger charge is 1.95. The van der Waals surface area contributed by atoms with Gasteiger partial charge < -0.3 is 0 Å². The fraction of sp³-hybridized carbons (Fsp3) is 1.00. The second kappa shape index (κ2) is 5.67. The van der Waals surface area contributed by atoms with Gasteiger partial charge in [-0.25, -0.2) is 0 Å². The molecule has 0 heterocycles. The standard InChI is InChI=1S/C7H15.Al/c1-4-6-7(3)5-2;/h7H,2,4-6H2,1,3H3;. The first-order valence-corrected chi connectivity index (χ1v) is 4.33. The Balaban J connectivity index is 2.92. The van der Waals surface area contributed by atoms with Gasteiger partial charge in [-0.2, -0.15) is 0 Å². The lowest BCUT2D eigenvalue weighted by atomic mass is 10.0. The summed E-state index contributed by atoms with van der Waals surface area (Å²) < 4.78 is 0. The van der Waals surface area contributed by atoms with E-state index in [4.69, 9.17) is 0 Å². The highest BCUT2D eigenvalue weighted by molar-refractivity contribution is 6.08. The average Bonchev–Trinajstić information content (AvgIpc) is 1.68. The maximum absolute atomic E-state index is 2.77. The van der Waals surface area contributed by atoms with Gasteiger partial charge in [-0.05, 0) is 5.92 Å². The molecule has 0 nitrogen and oxygen atoms in total.